The Kier molecular flexibility index (Phi) is 2.89. The van der Waals surface area contributed by atoms with E-state index in [0.29, 0.717) is 0 Å². The van der Waals surface area contributed by atoms with Crippen LogP contribution in [-0.4, -0.2) is 23.1 Å². The summed E-state index contributed by atoms with van der Waals surface area (Å²) in [4.78, 5) is 11.1. The fourth-order valence-corrected chi connectivity index (χ4v) is 2.41. The first-order valence-corrected chi connectivity index (χ1v) is 5.69. The van der Waals surface area contributed by atoms with Gasteiger partial charge in [-0.2, -0.15) is 0 Å². The molecule has 3 nitrogen and oxygen atoms in total. The van der Waals surface area contributed by atoms with Gasteiger partial charge < -0.3 is 4.90 Å². The molecule has 0 aliphatic carbocycles. The average Bonchev–Trinajstić information content (AvgIpc) is 2.16. The van der Waals surface area contributed by atoms with E-state index in [9.17, 15) is 0 Å². The zero-order valence-electron chi connectivity index (χ0n) is 9.77. The van der Waals surface area contributed by atoms with Crippen LogP contribution in [0.15, 0.2) is 12.3 Å². The van der Waals surface area contributed by atoms with Gasteiger partial charge in [0.1, 0.15) is 0 Å². The van der Waals surface area contributed by atoms with Crippen LogP contribution in [0.3, 0.4) is 0 Å². The van der Waals surface area contributed by atoms with E-state index in [1.165, 1.54) is 6.42 Å². The lowest BCUT2D eigenvalue weighted by molar-refractivity contribution is 0.353. The van der Waals surface area contributed by atoms with Gasteiger partial charge >= 0.3 is 0 Å². The quantitative estimate of drug-likeness (QED) is 0.704. The van der Waals surface area contributed by atoms with Crippen LogP contribution < -0.4 is 4.90 Å². The molecule has 2 atom stereocenters. The van der Waals surface area contributed by atoms with Crippen LogP contribution in [0.4, 0.5) is 5.95 Å². The molecule has 3 heteroatoms. The molecule has 0 radical (unpaired) electrons. The van der Waals surface area contributed by atoms with Crippen molar-refractivity contribution in [1.82, 2.24) is 9.97 Å². The van der Waals surface area contributed by atoms with Gasteiger partial charge in [-0.1, -0.05) is 13.8 Å². The average molecular weight is 205 g/mol. The molecule has 82 valence electrons. The summed E-state index contributed by atoms with van der Waals surface area (Å²) in [5, 5.41) is 0. The van der Waals surface area contributed by atoms with E-state index in [0.717, 1.165) is 36.6 Å². The summed E-state index contributed by atoms with van der Waals surface area (Å²) in [7, 11) is 0. The minimum atomic E-state index is 0.748. The van der Waals surface area contributed by atoms with E-state index >= 15 is 0 Å². The van der Waals surface area contributed by atoms with Gasteiger partial charge in [0.05, 0.1) is 0 Å². The first kappa shape index (κ1) is 10.4. The van der Waals surface area contributed by atoms with E-state index < -0.39 is 0 Å². The molecular weight excluding hydrogens is 186 g/mol. The summed E-state index contributed by atoms with van der Waals surface area (Å²) in [6.45, 7) is 8.81. The highest BCUT2D eigenvalue weighted by atomic mass is 15.3. The molecule has 1 aliphatic rings. The third-order valence-corrected chi connectivity index (χ3v) is 2.93. The van der Waals surface area contributed by atoms with E-state index in [4.69, 9.17) is 0 Å². The van der Waals surface area contributed by atoms with Gasteiger partial charge in [0.25, 0.3) is 0 Å². The second-order valence-electron chi connectivity index (χ2n) is 4.85. The molecule has 1 aliphatic heterocycles. The number of rotatable bonds is 1. The molecule has 1 fully saturated rings. The molecule has 1 aromatic rings. The van der Waals surface area contributed by atoms with Gasteiger partial charge in [-0.05, 0) is 31.2 Å². The molecule has 0 saturated carbocycles. The zero-order valence-corrected chi connectivity index (χ0v) is 9.77. The minimum absolute atomic E-state index is 0.748. The lowest BCUT2D eigenvalue weighted by Crippen LogP contribution is -2.39. The Morgan fingerprint density at radius 1 is 1.27 bits per heavy atom. The Labute approximate surface area is 91.5 Å². The summed E-state index contributed by atoms with van der Waals surface area (Å²) >= 11 is 0. The van der Waals surface area contributed by atoms with E-state index in [1.807, 2.05) is 19.2 Å². The Morgan fingerprint density at radius 2 is 1.93 bits per heavy atom. The standard InChI is InChI=1S/C12H19N3/c1-9-6-10(2)8-15(7-9)12-13-5-4-11(3)14-12/h4-5,9-10H,6-8H2,1-3H3. The number of nitrogens with zero attached hydrogens (tertiary/aromatic N) is 3. The van der Waals surface area contributed by atoms with Crippen LogP contribution >= 0.6 is 0 Å². The lowest BCUT2D eigenvalue weighted by atomic mass is 9.92. The van der Waals surface area contributed by atoms with Gasteiger partial charge in [-0.3, -0.25) is 0 Å². The van der Waals surface area contributed by atoms with E-state index in [2.05, 4.69) is 28.7 Å². The number of anilines is 1. The Bertz CT molecular complexity index is 327. The van der Waals surface area contributed by atoms with Gasteiger partial charge in [-0.15, -0.1) is 0 Å². The number of hydrogen-bond acceptors (Lipinski definition) is 3. The van der Waals surface area contributed by atoms with Crippen molar-refractivity contribution in [1.29, 1.82) is 0 Å². The van der Waals surface area contributed by atoms with Crippen molar-refractivity contribution in [3.05, 3.63) is 18.0 Å². The van der Waals surface area contributed by atoms with Gasteiger partial charge in [0.15, 0.2) is 0 Å². The molecule has 0 amide bonds. The first-order chi connectivity index (χ1) is 7.15. The molecule has 15 heavy (non-hydrogen) atoms. The maximum Gasteiger partial charge on any atom is 0.225 e. The molecule has 1 saturated heterocycles. The molecule has 1 aromatic heterocycles. The van der Waals surface area contributed by atoms with Crippen molar-refractivity contribution in [2.75, 3.05) is 18.0 Å². The predicted octanol–water partition coefficient (Wildman–Crippen LogP) is 2.27. The number of piperidine rings is 1. The van der Waals surface area contributed by atoms with Crippen molar-refractivity contribution in [2.45, 2.75) is 27.2 Å². The van der Waals surface area contributed by atoms with Crippen LogP contribution in [0.1, 0.15) is 26.0 Å². The lowest BCUT2D eigenvalue weighted by Gasteiger charge is -2.34. The molecule has 2 rings (SSSR count). The van der Waals surface area contributed by atoms with Crippen molar-refractivity contribution in [3.63, 3.8) is 0 Å². The largest absolute Gasteiger partial charge is 0.340 e. The molecule has 0 spiro atoms. The fourth-order valence-electron chi connectivity index (χ4n) is 2.41. The first-order valence-electron chi connectivity index (χ1n) is 5.69. The highest BCUT2D eigenvalue weighted by Gasteiger charge is 2.23. The molecule has 0 aromatic carbocycles. The fraction of sp³-hybridized carbons (Fsp3) is 0.667. The highest BCUT2D eigenvalue weighted by Crippen LogP contribution is 2.23. The normalized spacial score (nSPS) is 26.7. The molecule has 2 unspecified atom stereocenters. The van der Waals surface area contributed by atoms with Gasteiger partial charge in [0.2, 0.25) is 5.95 Å². The third kappa shape index (κ3) is 2.46. The van der Waals surface area contributed by atoms with Crippen molar-refractivity contribution in [3.8, 4) is 0 Å². The second kappa shape index (κ2) is 4.17. The van der Waals surface area contributed by atoms with Crippen LogP contribution in [0, 0.1) is 18.8 Å². The summed E-state index contributed by atoms with van der Waals surface area (Å²) in [5.74, 6) is 2.39. The zero-order chi connectivity index (χ0) is 10.8. The van der Waals surface area contributed by atoms with Crippen LogP contribution in [0.25, 0.3) is 0 Å². The Hall–Kier alpha value is -1.12. The summed E-state index contributed by atoms with van der Waals surface area (Å²) in [5.41, 5.74) is 1.05. The van der Waals surface area contributed by atoms with Crippen LogP contribution in [-0.2, 0) is 0 Å². The van der Waals surface area contributed by atoms with Gasteiger partial charge in [0, 0.05) is 25.0 Å². The Balaban J connectivity index is 2.16. The Morgan fingerprint density at radius 3 is 2.53 bits per heavy atom. The number of aryl methyl sites for hydroxylation is 1. The third-order valence-electron chi connectivity index (χ3n) is 2.93. The molecule has 0 N–H and O–H groups in total. The van der Waals surface area contributed by atoms with Crippen LogP contribution in [0.5, 0.6) is 0 Å². The SMILES string of the molecule is Cc1ccnc(N2CC(C)CC(C)C2)n1. The summed E-state index contributed by atoms with van der Waals surface area (Å²) < 4.78 is 0. The smallest absolute Gasteiger partial charge is 0.225 e. The summed E-state index contributed by atoms with van der Waals surface area (Å²) in [6, 6.07) is 1.94. The predicted molar refractivity (Wildman–Crippen MR) is 61.9 cm³/mol. The highest BCUT2D eigenvalue weighted by molar-refractivity contribution is 5.31. The molecule has 2 heterocycles. The number of aromatic nitrogens is 2. The van der Waals surface area contributed by atoms with E-state index in [1.54, 1.807) is 0 Å². The maximum atomic E-state index is 4.48. The number of hydrogen-bond donors (Lipinski definition) is 0. The topological polar surface area (TPSA) is 29.0 Å². The van der Waals surface area contributed by atoms with Crippen LogP contribution in [0.2, 0.25) is 0 Å². The molecule has 0 bridgehead atoms. The van der Waals surface area contributed by atoms with Crippen molar-refractivity contribution >= 4 is 5.95 Å². The maximum absolute atomic E-state index is 4.48. The minimum Gasteiger partial charge on any atom is -0.340 e. The van der Waals surface area contributed by atoms with Crippen molar-refractivity contribution < 1.29 is 0 Å². The second-order valence-corrected chi connectivity index (χ2v) is 4.85. The van der Waals surface area contributed by atoms with E-state index in [-0.39, 0.29) is 0 Å². The monoisotopic (exact) mass is 205 g/mol. The van der Waals surface area contributed by atoms with Crippen molar-refractivity contribution in [2.24, 2.45) is 11.8 Å². The molecular formula is C12H19N3. The van der Waals surface area contributed by atoms with Gasteiger partial charge in [-0.25, -0.2) is 9.97 Å². The summed E-state index contributed by atoms with van der Waals surface area (Å²) in [6.07, 6.45) is 3.17.